The van der Waals surface area contributed by atoms with Crippen LogP contribution in [0, 0.1) is 0 Å². The first-order valence-corrected chi connectivity index (χ1v) is 18.4. The molecule has 0 spiro atoms. The molecule has 0 amide bonds. The standard InChI is InChI=1S/C43H54O9/c1-4-15-35-38(50-36-22-14-23-47-39(36)29-46-31-44-3)25-41(49-28-34-20-12-7-13-21-34)43(2)42(51-35)24-37(48-27-33-18-10-6-11-19-33)40(52-43)30-45-26-32-16-8-5-9-17-32/h4-14,16-22,35-42H,1,15,23-31H2,2-3H3/t35-,36-,37-,38+,39+,40+,41+,42+,43-/m0/s1. The normalized spacial score (nSPS) is 30.3. The van der Waals surface area contributed by atoms with E-state index in [1.54, 1.807) is 7.11 Å². The number of methoxy groups -OCH3 is 1. The number of hydrogen-bond donors (Lipinski definition) is 0. The molecule has 2 fully saturated rings. The zero-order chi connectivity index (χ0) is 36.0. The Bertz CT molecular complexity index is 1490. The van der Waals surface area contributed by atoms with Crippen LogP contribution in [0.2, 0.25) is 0 Å². The highest BCUT2D eigenvalue weighted by atomic mass is 16.7. The van der Waals surface area contributed by atoms with E-state index in [1.165, 1.54) is 0 Å². The number of ether oxygens (including phenoxy) is 9. The minimum absolute atomic E-state index is 0.179. The second kappa shape index (κ2) is 19.7. The van der Waals surface area contributed by atoms with Crippen LogP contribution in [0.1, 0.15) is 42.9 Å². The quantitative estimate of drug-likeness (QED) is 0.0788. The molecule has 0 N–H and O–H groups in total. The second-order valence-electron chi connectivity index (χ2n) is 13.8. The van der Waals surface area contributed by atoms with Gasteiger partial charge in [-0.1, -0.05) is 109 Å². The number of benzene rings is 3. The third-order valence-corrected chi connectivity index (χ3v) is 10.1. The summed E-state index contributed by atoms with van der Waals surface area (Å²) in [5.41, 5.74) is 2.43. The molecule has 3 aliphatic heterocycles. The van der Waals surface area contributed by atoms with E-state index < -0.39 is 5.60 Å². The summed E-state index contributed by atoms with van der Waals surface area (Å²) in [5, 5.41) is 0. The Morgan fingerprint density at radius 1 is 0.750 bits per heavy atom. The maximum absolute atomic E-state index is 7.20. The lowest BCUT2D eigenvalue weighted by atomic mass is 9.82. The lowest BCUT2D eigenvalue weighted by molar-refractivity contribution is -0.284. The Balaban J connectivity index is 1.27. The fraction of sp³-hybridized carbons (Fsp3) is 0.488. The Morgan fingerprint density at radius 2 is 1.38 bits per heavy atom. The molecule has 3 heterocycles. The number of rotatable bonds is 18. The van der Waals surface area contributed by atoms with Crippen molar-refractivity contribution in [2.45, 2.75) is 100 Å². The van der Waals surface area contributed by atoms with Crippen LogP contribution in [-0.4, -0.2) is 88.2 Å². The van der Waals surface area contributed by atoms with Gasteiger partial charge >= 0.3 is 0 Å². The van der Waals surface area contributed by atoms with Crippen LogP contribution in [0.4, 0.5) is 0 Å². The summed E-state index contributed by atoms with van der Waals surface area (Å²) in [5.74, 6) is 0. The molecule has 9 atom stereocenters. The first-order chi connectivity index (χ1) is 25.6. The van der Waals surface area contributed by atoms with E-state index >= 15 is 0 Å². The summed E-state index contributed by atoms with van der Waals surface area (Å²) in [4.78, 5) is 0. The van der Waals surface area contributed by atoms with Crippen LogP contribution >= 0.6 is 0 Å². The van der Waals surface area contributed by atoms with Crippen molar-refractivity contribution in [3.63, 3.8) is 0 Å². The van der Waals surface area contributed by atoms with E-state index in [2.05, 4.69) is 56.0 Å². The number of fused-ring (bicyclic) bond motifs is 1. The first-order valence-electron chi connectivity index (χ1n) is 18.4. The van der Waals surface area contributed by atoms with Gasteiger partial charge in [-0.2, -0.15) is 0 Å². The lowest BCUT2D eigenvalue weighted by Gasteiger charge is -2.50. The minimum Gasteiger partial charge on any atom is -0.374 e. The zero-order valence-electron chi connectivity index (χ0n) is 30.5. The molecule has 52 heavy (non-hydrogen) atoms. The zero-order valence-corrected chi connectivity index (χ0v) is 30.5. The molecule has 3 aliphatic rings. The third-order valence-electron chi connectivity index (χ3n) is 10.1. The molecule has 3 aromatic rings. The summed E-state index contributed by atoms with van der Waals surface area (Å²) >= 11 is 0. The average molecular weight is 715 g/mol. The molecule has 0 bridgehead atoms. The van der Waals surface area contributed by atoms with Crippen LogP contribution in [0.3, 0.4) is 0 Å². The van der Waals surface area contributed by atoms with Gasteiger partial charge in [0, 0.05) is 20.0 Å². The van der Waals surface area contributed by atoms with Crippen molar-refractivity contribution in [2.75, 3.05) is 33.7 Å². The Morgan fingerprint density at radius 3 is 2.04 bits per heavy atom. The summed E-state index contributed by atoms with van der Waals surface area (Å²) < 4.78 is 58.0. The van der Waals surface area contributed by atoms with Crippen molar-refractivity contribution in [1.29, 1.82) is 0 Å². The molecule has 9 heteroatoms. The second-order valence-corrected chi connectivity index (χ2v) is 13.8. The highest BCUT2D eigenvalue weighted by molar-refractivity contribution is 5.16. The Hall–Kier alpha value is -3.22. The fourth-order valence-electron chi connectivity index (χ4n) is 7.24. The predicted octanol–water partition coefficient (Wildman–Crippen LogP) is 6.98. The molecule has 0 unspecified atom stereocenters. The molecule has 0 radical (unpaired) electrons. The largest absolute Gasteiger partial charge is 0.374 e. The van der Waals surface area contributed by atoms with Crippen molar-refractivity contribution in [3.05, 3.63) is 132 Å². The van der Waals surface area contributed by atoms with E-state index in [0.717, 1.165) is 16.7 Å². The Kier molecular flexibility index (Phi) is 14.6. The van der Waals surface area contributed by atoms with Gasteiger partial charge in [-0.05, 0) is 30.0 Å². The average Bonchev–Trinajstić information content (AvgIpc) is 3.28. The Labute approximate surface area is 308 Å². The molecule has 0 aliphatic carbocycles. The van der Waals surface area contributed by atoms with E-state index in [1.807, 2.05) is 66.7 Å². The van der Waals surface area contributed by atoms with Crippen LogP contribution in [-0.2, 0) is 62.5 Å². The lowest BCUT2D eigenvalue weighted by Crippen LogP contribution is -2.62. The van der Waals surface area contributed by atoms with Gasteiger partial charge in [0.2, 0.25) is 0 Å². The van der Waals surface area contributed by atoms with Crippen LogP contribution in [0.15, 0.2) is 116 Å². The predicted molar refractivity (Wildman–Crippen MR) is 197 cm³/mol. The van der Waals surface area contributed by atoms with Crippen molar-refractivity contribution in [3.8, 4) is 0 Å². The van der Waals surface area contributed by atoms with Gasteiger partial charge in [-0.3, -0.25) is 0 Å². The third kappa shape index (κ3) is 10.5. The van der Waals surface area contributed by atoms with Gasteiger partial charge in [0.25, 0.3) is 0 Å². The summed E-state index contributed by atoms with van der Waals surface area (Å²) in [6.45, 7) is 8.90. The van der Waals surface area contributed by atoms with Crippen molar-refractivity contribution in [1.82, 2.24) is 0 Å². The first kappa shape index (κ1) is 38.5. The molecule has 3 aromatic carbocycles. The SMILES string of the molecule is C=CC[C@@H]1O[C@@H]2C[C@H](OCc3ccccc3)[C@@H](COCc3ccccc3)O[C@@]2(C)[C@H](OCc2ccccc2)C[C@H]1O[C@H]1C=CCO[C@@H]1COCOC. The molecule has 6 rings (SSSR count). The molecule has 2 saturated heterocycles. The van der Waals surface area contributed by atoms with E-state index in [-0.39, 0.29) is 55.6 Å². The van der Waals surface area contributed by atoms with Gasteiger partial charge < -0.3 is 42.6 Å². The highest BCUT2D eigenvalue weighted by Crippen LogP contribution is 2.43. The van der Waals surface area contributed by atoms with Gasteiger partial charge in [0.05, 0.1) is 70.2 Å². The number of hydrogen-bond acceptors (Lipinski definition) is 9. The highest BCUT2D eigenvalue weighted by Gasteiger charge is 2.56. The topological polar surface area (TPSA) is 83.1 Å². The van der Waals surface area contributed by atoms with Gasteiger partial charge in [0.1, 0.15) is 30.7 Å². The van der Waals surface area contributed by atoms with Crippen molar-refractivity contribution >= 4 is 0 Å². The van der Waals surface area contributed by atoms with Crippen molar-refractivity contribution < 1.29 is 42.6 Å². The smallest absolute Gasteiger partial charge is 0.146 e. The van der Waals surface area contributed by atoms with Gasteiger partial charge in [-0.15, -0.1) is 6.58 Å². The maximum Gasteiger partial charge on any atom is 0.146 e. The maximum atomic E-state index is 7.20. The summed E-state index contributed by atoms with van der Waals surface area (Å²) in [6.07, 6.45) is 4.91. The van der Waals surface area contributed by atoms with E-state index in [0.29, 0.717) is 58.9 Å². The summed E-state index contributed by atoms with van der Waals surface area (Å²) in [6, 6.07) is 30.6. The van der Waals surface area contributed by atoms with Gasteiger partial charge in [-0.25, -0.2) is 0 Å². The van der Waals surface area contributed by atoms with Gasteiger partial charge in [0.15, 0.2) is 0 Å². The molecular formula is C43H54O9. The van der Waals surface area contributed by atoms with Crippen LogP contribution in [0.25, 0.3) is 0 Å². The molecule has 9 nitrogen and oxygen atoms in total. The van der Waals surface area contributed by atoms with E-state index in [9.17, 15) is 0 Å². The minimum atomic E-state index is -0.848. The monoisotopic (exact) mass is 714 g/mol. The molecule has 0 aromatic heterocycles. The molecule has 280 valence electrons. The fourth-order valence-corrected chi connectivity index (χ4v) is 7.24. The van der Waals surface area contributed by atoms with Crippen LogP contribution < -0.4 is 0 Å². The molecule has 0 saturated carbocycles. The van der Waals surface area contributed by atoms with E-state index in [4.69, 9.17) is 42.6 Å². The van der Waals surface area contributed by atoms with Crippen molar-refractivity contribution in [2.24, 2.45) is 0 Å². The van der Waals surface area contributed by atoms with Crippen LogP contribution in [0.5, 0.6) is 0 Å². The summed E-state index contributed by atoms with van der Waals surface area (Å²) in [7, 11) is 1.60. The molecular weight excluding hydrogens is 660 g/mol.